The zero-order valence-electron chi connectivity index (χ0n) is 22.9. The summed E-state index contributed by atoms with van der Waals surface area (Å²) in [4.78, 5) is 26.5. The van der Waals surface area contributed by atoms with Gasteiger partial charge in [-0.15, -0.1) is 0 Å². The summed E-state index contributed by atoms with van der Waals surface area (Å²) in [6, 6.07) is 11.5. The van der Waals surface area contributed by atoms with E-state index < -0.39 is 23.3 Å². The molecule has 0 fully saturated rings. The van der Waals surface area contributed by atoms with Crippen molar-refractivity contribution in [3.8, 4) is 11.3 Å². The molecule has 0 saturated carbocycles. The van der Waals surface area contributed by atoms with Crippen LogP contribution in [0.25, 0.3) is 22.2 Å². The van der Waals surface area contributed by atoms with E-state index in [2.05, 4.69) is 19.2 Å². The highest BCUT2D eigenvalue weighted by molar-refractivity contribution is 6.07. The van der Waals surface area contributed by atoms with Crippen LogP contribution in [0.1, 0.15) is 94.5 Å². The number of nitrogens with zero attached hydrogens (tertiary/aromatic N) is 1. The Bertz CT molecular complexity index is 1360. The molecular weight excluding hydrogens is 466 g/mol. The number of rotatable bonds is 6. The first-order chi connectivity index (χ1) is 17.3. The Morgan fingerprint density at radius 2 is 1.81 bits per heavy atom. The average Bonchev–Trinajstić information content (AvgIpc) is 3.41. The number of hydrogen-bond donors (Lipinski definition) is 3. The molecule has 0 radical (unpaired) electrons. The van der Waals surface area contributed by atoms with Crippen LogP contribution in [0.4, 0.5) is 4.79 Å². The van der Waals surface area contributed by atoms with Crippen LogP contribution in [0.15, 0.2) is 36.4 Å². The molecule has 1 aromatic heterocycles. The van der Waals surface area contributed by atoms with Gasteiger partial charge in [-0.1, -0.05) is 39.8 Å². The summed E-state index contributed by atoms with van der Waals surface area (Å²) in [7, 11) is 0. The van der Waals surface area contributed by atoms with Crippen molar-refractivity contribution in [1.29, 1.82) is 0 Å². The van der Waals surface area contributed by atoms with Crippen molar-refractivity contribution in [2.24, 2.45) is 11.7 Å². The number of benzene rings is 2. The molecule has 0 bridgehead atoms. The Labute approximate surface area is 219 Å². The summed E-state index contributed by atoms with van der Waals surface area (Å²) >= 11 is 0. The minimum Gasteiger partial charge on any atom is -0.443 e. The van der Waals surface area contributed by atoms with Crippen LogP contribution >= 0.6 is 0 Å². The monoisotopic (exact) mass is 505 g/mol. The smallest absolute Gasteiger partial charge is 0.419 e. The van der Waals surface area contributed by atoms with Gasteiger partial charge in [-0.2, -0.15) is 0 Å². The standard InChI is InChI=1S/C30H39N3O4/c1-8-30(31,9-2)21-10-11-23-18(13-21)15-24(33(23)28(36)37-29(5,6)7)22-14-19(26(34)17(3)4)12-20-16-32-27(35)25(20)22/h10-15,17,26,34H,8-9,16,31H2,1-7H3,(H,32,35). The molecule has 7 nitrogen and oxygen atoms in total. The minimum atomic E-state index is -0.712. The van der Waals surface area contributed by atoms with E-state index in [1.54, 1.807) is 0 Å². The van der Waals surface area contributed by atoms with Gasteiger partial charge in [-0.05, 0) is 80.5 Å². The largest absolute Gasteiger partial charge is 0.443 e. The summed E-state index contributed by atoms with van der Waals surface area (Å²) < 4.78 is 7.34. The quantitative estimate of drug-likeness (QED) is 0.381. The van der Waals surface area contributed by atoms with Crippen molar-refractivity contribution >= 4 is 22.9 Å². The van der Waals surface area contributed by atoms with E-state index in [-0.39, 0.29) is 11.8 Å². The Hall–Kier alpha value is -3.16. The normalized spacial score (nSPS) is 14.7. The van der Waals surface area contributed by atoms with Crippen LogP contribution in [0.3, 0.4) is 0 Å². The molecule has 2 heterocycles. The highest BCUT2D eigenvalue weighted by Gasteiger charge is 2.31. The van der Waals surface area contributed by atoms with Crippen LogP contribution in [0, 0.1) is 5.92 Å². The van der Waals surface area contributed by atoms with Crippen LogP contribution in [-0.2, 0) is 16.8 Å². The van der Waals surface area contributed by atoms with Gasteiger partial charge in [0.2, 0.25) is 0 Å². The first-order valence-corrected chi connectivity index (χ1v) is 13.1. The van der Waals surface area contributed by atoms with Gasteiger partial charge in [-0.25, -0.2) is 9.36 Å². The second-order valence-electron chi connectivity index (χ2n) is 11.5. The highest BCUT2D eigenvalue weighted by Crippen LogP contribution is 2.39. The third-order valence-electron chi connectivity index (χ3n) is 7.37. The van der Waals surface area contributed by atoms with Gasteiger partial charge in [0.1, 0.15) is 5.60 Å². The number of amides is 1. The summed E-state index contributed by atoms with van der Waals surface area (Å²) in [6.07, 6.45) is 0.310. The van der Waals surface area contributed by atoms with Gasteiger partial charge in [0.25, 0.3) is 5.91 Å². The minimum absolute atomic E-state index is 0.0176. The number of aliphatic hydroxyl groups excluding tert-OH is 1. The highest BCUT2D eigenvalue weighted by atomic mass is 16.6. The lowest BCUT2D eigenvalue weighted by atomic mass is 9.85. The SMILES string of the molecule is CCC(N)(CC)c1ccc2c(c1)cc(-c1cc(C(O)C(C)C)cc3c1C(=O)NC3)n2C(=O)OC(C)(C)C. The summed E-state index contributed by atoms with van der Waals surface area (Å²) in [5, 5.41) is 14.6. The van der Waals surface area contributed by atoms with Gasteiger partial charge in [0.15, 0.2) is 0 Å². The third-order valence-corrected chi connectivity index (χ3v) is 7.37. The molecule has 37 heavy (non-hydrogen) atoms. The number of aromatic nitrogens is 1. The average molecular weight is 506 g/mol. The topological polar surface area (TPSA) is 107 Å². The summed E-state index contributed by atoms with van der Waals surface area (Å²) in [6.45, 7) is 13.9. The van der Waals surface area contributed by atoms with Crippen LogP contribution < -0.4 is 11.1 Å². The van der Waals surface area contributed by atoms with Gasteiger partial charge in [0.05, 0.1) is 22.9 Å². The van der Waals surface area contributed by atoms with Crippen molar-refractivity contribution in [2.45, 2.75) is 85.1 Å². The molecule has 0 spiro atoms. The Morgan fingerprint density at radius 1 is 1.14 bits per heavy atom. The van der Waals surface area contributed by atoms with E-state index in [9.17, 15) is 14.7 Å². The second-order valence-corrected chi connectivity index (χ2v) is 11.5. The lowest BCUT2D eigenvalue weighted by Gasteiger charge is -2.27. The number of aliphatic hydroxyl groups is 1. The van der Waals surface area contributed by atoms with Crippen LogP contribution in [0.2, 0.25) is 0 Å². The predicted octanol–water partition coefficient (Wildman–Crippen LogP) is 6.00. The number of fused-ring (bicyclic) bond motifs is 2. The number of carbonyl (C=O) groups is 2. The molecule has 1 unspecified atom stereocenters. The summed E-state index contributed by atoms with van der Waals surface area (Å²) in [5.74, 6) is -0.216. The molecule has 1 atom stereocenters. The van der Waals surface area contributed by atoms with E-state index in [0.29, 0.717) is 34.4 Å². The summed E-state index contributed by atoms with van der Waals surface area (Å²) in [5.41, 5.74) is 10.3. The maximum Gasteiger partial charge on any atom is 0.419 e. The van der Waals surface area contributed by atoms with Crippen LogP contribution in [-0.4, -0.2) is 27.3 Å². The number of ether oxygens (including phenoxy) is 1. The molecule has 2 aromatic carbocycles. The molecule has 1 aliphatic heterocycles. The number of carbonyl (C=O) groups excluding carboxylic acids is 2. The lowest BCUT2D eigenvalue weighted by molar-refractivity contribution is 0.0547. The second kappa shape index (κ2) is 9.62. The molecule has 7 heteroatoms. The van der Waals surface area contributed by atoms with Gasteiger partial charge in [-0.3, -0.25) is 4.79 Å². The molecule has 4 rings (SSSR count). The molecule has 0 aliphatic carbocycles. The zero-order chi connectivity index (χ0) is 27.3. The molecule has 1 amide bonds. The van der Waals surface area contributed by atoms with E-state index in [1.807, 2.05) is 71.0 Å². The van der Waals surface area contributed by atoms with E-state index >= 15 is 0 Å². The van der Waals surface area contributed by atoms with E-state index in [0.717, 1.165) is 29.4 Å². The van der Waals surface area contributed by atoms with Crippen molar-refractivity contribution in [3.05, 3.63) is 58.7 Å². The maximum atomic E-state index is 13.6. The predicted molar refractivity (Wildman–Crippen MR) is 146 cm³/mol. The van der Waals surface area contributed by atoms with Crippen molar-refractivity contribution in [2.75, 3.05) is 0 Å². The number of hydrogen-bond acceptors (Lipinski definition) is 5. The molecule has 198 valence electrons. The molecular formula is C30H39N3O4. The van der Waals surface area contributed by atoms with Gasteiger partial charge < -0.3 is 20.9 Å². The van der Waals surface area contributed by atoms with Crippen molar-refractivity contribution in [1.82, 2.24) is 9.88 Å². The fourth-order valence-corrected chi connectivity index (χ4v) is 5.04. The van der Waals surface area contributed by atoms with Crippen molar-refractivity contribution in [3.63, 3.8) is 0 Å². The maximum absolute atomic E-state index is 13.6. The van der Waals surface area contributed by atoms with Gasteiger partial charge in [0, 0.05) is 23.0 Å². The first kappa shape index (κ1) is 26.9. The molecule has 3 aromatic rings. The van der Waals surface area contributed by atoms with Crippen LogP contribution in [0.5, 0.6) is 0 Å². The third kappa shape index (κ3) is 4.90. The Morgan fingerprint density at radius 3 is 2.41 bits per heavy atom. The molecule has 0 saturated heterocycles. The fraction of sp³-hybridized carbons (Fsp3) is 0.467. The molecule has 4 N–H and O–H groups in total. The van der Waals surface area contributed by atoms with E-state index in [4.69, 9.17) is 10.5 Å². The number of nitrogens with one attached hydrogen (secondary N) is 1. The first-order valence-electron chi connectivity index (χ1n) is 13.1. The Balaban J connectivity index is 2.03. The zero-order valence-corrected chi connectivity index (χ0v) is 22.9. The fourth-order valence-electron chi connectivity index (χ4n) is 5.04. The number of nitrogens with two attached hydrogens (primary N) is 1. The lowest BCUT2D eigenvalue weighted by Crippen LogP contribution is -2.35. The van der Waals surface area contributed by atoms with E-state index in [1.165, 1.54) is 4.57 Å². The van der Waals surface area contributed by atoms with Gasteiger partial charge >= 0.3 is 6.09 Å². The molecule has 1 aliphatic rings. The van der Waals surface area contributed by atoms with Crippen molar-refractivity contribution < 1.29 is 19.4 Å². The Kier molecular flexibility index (Phi) is 6.99.